The van der Waals surface area contributed by atoms with E-state index in [0.29, 0.717) is 17.9 Å². The maximum Gasteiger partial charge on any atom is 1.00 e. The first-order valence-corrected chi connectivity index (χ1v) is 5.44. The van der Waals surface area contributed by atoms with Crippen molar-refractivity contribution in [3.63, 3.8) is 0 Å². The molecule has 0 aliphatic rings. The van der Waals surface area contributed by atoms with Crippen LogP contribution in [0, 0.1) is 6.92 Å². The van der Waals surface area contributed by atoms with E-state index in [9.17, 15) is 12.9 Å². The molecular formula is C12H15BF3KO. The van der Waals surface area contributed by atoms with Crippen LogP contribution in [0.5, 0.6) is 5.75 Å². The minimum Gasteiger partial charge on any atom is -0.489 e. The van der Waals surface area contributed by atoms with E-state index in [-0.39, 0.29) is 51.4 Å². The molecule has 94 valence electrons. The molecule has 0 radical (unpaired) electrons. The molecule has 6 heteroatoms. The summed E-state index contributed by atoms with van der Waals surface area (Å²) in [4.78, 5) is 0. The SMILES string of the molecule is C=C(CC)COc1ccc([B-](F)(F)F)cc1C.[K+]. The molecule has 1 aromatic carbocycles. The molecule has 0 atom stereocenters. The van der Waals surface area contributed by atoms with Gasteiger partial charge >= 0.3 is 58.4 Å². The molecule has 1 rings (SSSR count). The van der Waals surface area contributed by atoms with Crippen LogP contribution in [0.2, 0.25) is 0 Å². The van der Waals surface area contributed by atoms with Gasteiger partial charge in [-0.2, -0.15) is 0 Å². The van der Waals surface area contributed by atoms with Crippen LogP contribution in [0.3, 0.4) is 0 Å². The fourth-order valence-electron chi connectivity index (χ4n) is 1.32. The molecule has 0 aliphatic carbocycles. The van der Waals surface area contributed by atoms with Gasteiger partial charge in [0.2, 0.25) is 0 Å². The fourth-order valence-corrected chi connectivity index (χ4v) is 1.32. The van der Waals surface area contributed by atoms with Crippen molar-refractivity contribution in [1.82, 2.24) is 0 Å². The van der Waals surface area contributed by atoms with E-state index in [4.69, 9.17) is 4.74 Å². The zero-order chi connectivity index (χ0) is 13.1. The average molecular weight is 282 g/mol. The van der Waals surface area contributed by atoms with E-state index in [2.05, 4.69) is 6.58 Å². The molecule has 1 aromatic rings. The maximum atomic E-state index is 12.5. The van der Waals surface area contributed by atoms with Gasteiger partial charge in [-0.25, -0.2) is 0 Å². The molecule has 0 bridgehead atoms. The van der Waals surface area contributed by atoms with Gasteiger partial charge in [0, 0.05) is 0 Å². The molecule has 0 fully saturated rings. The largest absolute Gasteiger partial charge is 1.00 e. The normalized spacial score (nSPS) is 10.7. The van der Waals surface area contributed by atoms with Crippen LogP contribution in [0.1, 0.15) is 18.9 Å². The van der Waals surface area contributed by atoms with Gasteiger partial charge in [-0.15, -0.1) is 5.46 Å². The summed E-state index contributed by atoms with van der Waals surface area (Å²) in [6.45, 7) is 2.73. The Balaban J connectivity index is 0.00000289. The van der Waals surface area contributed by atoms with E-state index in [0.717, 1.165) is 24.1 Å². The van der Waals surface area contributed by atoms with Gasteiger partial charge in [0.05, 0.1) is 0 Å². The topological polar surface area (TPSA) is 9.23 Å². The standard InChI is InChI=1S/C12H15BF3O.K/c1-4-9(2)8-17-12-6-5-11(7-10(12)3)13(14,15)16;/h5-7H,2,4,8H2,1,3H3;/q-1;+1. The molecule has 0 N–H and O–H groups in total. The minimum absolute atomic E-state index is 0. The quantitative estimate of drug-likeness (QED) is 0.561. The number of hydrogen-bond acceptors (Lipinski definition) is 1. The second-order valence-electron chi connectivity index (χ2n) is 3.99. The zero-order valence-corrected chi connectivity index (χ0v) is 14.1. The minimum atomic E-state index is -4.94. The van der Waals surface area contributed by atoms with Gasteiger partial charge < -0.3 is 17.7 Å². The van der Waals surface area contributed by atoms with Crippen LogP contribution in [-0.4, -0.2) is 13.6 Å². The molecule has 0 aromatic heterocycles. The Kier molecular flexibility index (Phi) is 7.86. The van der Waals surface area contributed by atoms with Crippen molar-refractivity contribution in [1.29, 1.82) is 0 Å². The number of ether oxygens (including phenoxy) is 1. The summed E-state index contributed by atoms with van der Waals surface area (Å²) in [6.07, 6.45) is 0.794. The van der Waals surface area contributed by atoms with Crippen LogP contribution in [0.25, 0.3) is 0 Å². The zero-order valence-electron chi connectivity index (χ0n) is 11.0. The van der Waals surface area contributed by atoms with E-state index in [1.165, 1.54) is 6.07 Å². The van der Waals surface area contributed by atoms with Crippen LogP contribution >= 0.6 is 0 Å². The molecule has 0 amide bonds. The Hall–Kier alpha value is 0.251. The van der Waals surface area contributed by atoms with E-state index >= 15 is 0 Å². The fraction of sp³-hybridized carbons (Fsp3) is 0.333. The molecule has 0 spiro atoms. The Morgan fingerprint density at radius 2 is 1.94 bits per heavy atom. The first kappa shape index (κ1) is 18.3. The van der Waals surface area contributed by atoms with E-state index in [1.807, 2.05) is 6.92 Å². The van der Waals surface area contributed by atoms with Gasteiger partial charge in [-0.1, -0.05) is 25.6 Å². The van der Waals surface area contributed by atoms with Gasteiger partial charge in [0.15, 0.2) is 0 Å². The Bertz CT molecular complexity index is 418. The third-order valence-electron chi connectivity index (χ3n) is 2.51. The Morgan fingerprint density at radius 1 is 1.33 bits per heavy atom. The van der Waals surface area contributed by atoms with Gasteiger partial charge in [-0.05, 0) is 30.5 Å². The van der Waals surface area contributed by atoms with Crippen molar-refractivity contribution in [2.45, 2.75) is 20.3 Å². The van der Waals surface area contributed by atoms with Crippen molar-refractivity contribution >= 4 is 12.4 Å². The summed E-state index contributed by atoms with van der Waals surface area (Å²) in [5, 5.41) is 0. The van der Waals surface area contributed by atoms with E-state index < -0.39 is 12.4 Å². The molecule has 0 saturated carbocycles. The van der Waals surface area contributed by atoms with Crippen LogP contribution in [0.15, 0.2) is 30.4 Å². The van der Waals surface area contributed by atoms with Crippen LogP contribution in [-0.2, 0) is 0 Å². The van der Waals surface area contributed by atoms with Crippen LogP contribution < -0.4 is 61.6 Å². The molecule has 1 nitrogen and oxygen atoms in total. The third-order valence-corrected chi connectivity index (χ3v) is 2.51. The second-order valence-corrected chi connectivity index (χ2v) is 3.99. The molecule has 0 unspecified atom stereocenters. The number of halogens is 3. The number of hydrogen-bond donors (Lipinski definition) is 0. The number of aryl methyl sites for hydroxylation is 1. The number of rotatable bonds is 5. The van der Waals surface area contributed by atoms with Gasteiger partial charge in [0.25, 0.3) is 0 Å². The monoisotopic (exact) mass is 282 g/mol. The van der Waals surface area contributed by atoms with Crippen molar-refractivity contribution in [2.24, 2.45) is 0 Å². The average Bonchev–Trinajstić information content (AvgIpc) is 2.25. The van der Waals surface area contributed by atoms with Crippen molar-refractivity contribution < 1.29 is 69.1 Å². The third kappa shape index (κ3) is 5.49. The van der Waals surface area contributed by atoms with Crippen molar-refractivity contribution in [2.75, 3.05) is 6.61 Å². The second kappa shape index (κ2) is 7.75. The van der Waals surface area contributed by atoms with Crippen LogP contribution in [0.4, 0.5) is 12.9 Å². The summed E-state index contributed by atoms with van der Waals surface area (Å²) in [6, 6.07) is 3.53. The summed E-state index contributed by atoms with van der Waals surface area (Å²) >= 11 is 0. The van der Waals surface area contributed by atoms with Crippen molar-refractivity contribution in [3.8, 4) is 5.75 Å². The predicted octanol–water partition coefficient (Wildman–Crippen LogP) is 0.398. The van der Waals surface area contributed by atoms with Gasteiger partial charge in [0.1, 0.15) is 12.4 Å². The first-order valence-electron chi connectivity index (χ1n) is 5.44. The molecular weight excluding hydrogens is 267 g/mol. The Morgan fingerprint density at radius 3 is 2.39 bits per heavy atom. The molecule has 0 saturated heterocycles. The van der Waals surface area contributed by atoms with E-state index in [1.54, 1.807) is 6.92 Å². The summed E-state index contributed by atoms with van der Waals surface area (Å²) in [7, 11) is 0. The van der Waals surface area contributed by atoms with Crippen molar-refractivity contribution in [3.05, 3.63) is 35.9 Å². The summed E-state index contributed by atoms with van der Waals surface area (Å²) < 4.78 is 42.8. The summed E-state index contributed by atoms with van der Waals surface area (Å²) in [5.74, 6) is 0.475. The molecule has 0 heterocycles. The molecule has 18 heavy (non-hydrogen) atoms. The maximum absolute atomic E-state index is 12.5. The van der Waals surface area contributed by atoms with Gasteiger partial charge in [-0.3, -0.25) is 0 Å². The summed E-state index contributed by atoms with van der Waals surface area (Å²) in [5.41, 5.74) is 0.809. The predicted molar refractivity (Wildman–Crippen MR) is 64.8 cm³/mol. The smallest absolute Gasteiger partial charge is 0.489 e. The Labute approximate surface area is 148 Å². The molecule has 0 aliphatic heterocycles. The number of benzene rings is 1. The first-order chi connectivity index (χ1) is 7.84.